The van der Waals surface area contributed by atoms with Gasteiger partial charge in [-0.05, 0) is 25.2 Å². The molecule has 0 aromatic carbocycles. The topological polar surface area (TPSA) is 0 Å². The molecule has 0 aromatic heterocycles. The Hall–Kier alpha value is 0.140. The van der Waals surface area contributed by atoms with E-state index in [2.05, 4.69) is 18.7 Å². The summed E-state index contributed by atoms with van der Waals surface area (Å²) < 4.78 is 1.39. The van der Waals surface area contributed by atoms with E-state index in [-0.39, 0.29) is 0 Å². The summed E-state index contributed by atoms with van der Waals surface area (Å²) in [5, 5.41) is 0. The summed E-state index contributed by atoms with van der Waals surface area (Å²) in [7, 11) is 4.07. The smallest absolute Gasteiger partial charge is 0.230 e. The first-order valence-electron chi connectivity index (χ1n) is 3.18. The van der Waals surface area contributed by atoms with E-state index in [1.807, 2.05) is 27.1 Å². The van der Waals surface area contributed by atoms with Crippen molar-refractivity contribution in [1.29, 1.82) is 0 Å². The Labute approximate surface area is 73.7 Å². The minimum absolute atomic E-state index is 0.669. The van der Waals surface area contributed by atoms with Crippen LogP contribution in [0.2, 0.25) is 0 Å². The predicted octanol–water partition coefficient (Wildman–Crippen LogP) is 1.85. The van der Waals surface area contributed by atoms with Crippen molar-refractivity contribution in [3.05, 3.63) is 12.2 Å². The van der Waals surface area contributed by atoms with Gasteiger partial charge in [-0.3, -0.25) is 4.48 Å². The van der Waals surface area contributed by atoms with Gasteiger partial charge >= 0.3 is 0 Å². The molecule has 0 radical (unpaired) electrons. The number of thiocarbonyl (C=S) groups is 1. The molecular weight excluding hydrogens is 162 g/mol. The van der Waals surface area contributed by atoms with Crippen LogP contribution in [-0.2, 0) is 0 Å². The summed E-state index contributed by atoms with van der Waals surface area (Å²) in [5.41, 5.74) is 0. The number of thiol groups is 1. The van der Waals surface area contributed by atoms with E-state index < -0.39 is 0 Å². The molecule has 3 heteroatoms. The summed E-state index contributed by atoms with van der Waals surface area (Å²) in [5.74, 6) is 0. The molecule has 0 rings (SSSR count). The third-order valence-electron chi connectivity index (χ3n) is 1.32. The highest BCUT2D eigenvalue weighted by Crippen LogP contribution is 2.03. The molecule has 0 unspecified atom stereocenters. The van der Waals surface area contributed by atoms with Crippen LogP contribution < -0.4 is 0 Å². The zero-order valence-electron chi connectivity index (χ0n) is 6.66. The van der Waals surface area contributed by atoms with Gasteiger partial charge in [-0.1, -0.05) is 18.7 Å². The molecule has 10 heavy (non-hydrogen) atoms. The standard InChI is InChI=1S/C7H13NS2/c1-4-5-6-8(2,3)7(9)10/h4-5H,6H2,1-3H3/p+1/b5-4+. The molecule has 0 saturated carbocycles. The van der Waals surface area contributed by atoms with Gasteiger partial charge in [-0.15, -0.1) is 0 Å². The average molecular weight is 176 g/mol. The van der Waals surface area contributed by atoms with E-state index in [9.17, 15) is 0 Å². The van der Waals surface area contributed by atoms with Crippen LogP contribution in [0.4, 0.5) is 0 Å². The highest BCUT2D eigenvalue weighted by atomic mass is 32.1. The van der Waals surface area contributed by atoms with Crippen LogP contribution >= 0.6 is 24.8 Å². The molecule has 0 heterocycles. The van der Waals surface area contributed by atoms with Crippen molar-refractivity contribution >= 4 is 29.2 Å². The molecule has 0 bridgehead atoms. The number of quaternary nitrogens is 1. The van der Waals surface area contributed by atoms with Crippen LogP contribution in [0, 0.1) is 0 Å². The number of likely N-dealkylation sites (N-methyl/N-ethyl adjacent to an activating group) is 1. The van der Waals surface area contributed by atoms with E-state index >= 15 is 0 Å². The quantitative estimate of drug-likeness (QED) is 0.290. The van der Waals surface area contributed by atoms with Gasteiger partial charge < -0.3 is 0 Å². The van der Waals surface area contributed by atoms with Crippen LogP contribution in [0.5, 0.6) is 0 Å². The Bertz CT molecular complexity index is 150. The third-order valence-corrected chi connectivity index (χ3v) is 2.35. The maximum absolute atomic E-state index is 4.95. The molecule has 0 aliphatic rings. The second kappa shape index (κ2) is 4.11. The van der Waals surface area contributed by atoms with Gasteiger partial charge in [0.25, 0.3) is 0 Å². The molecule has 0 spiro atoms. The highest BCUT2D eigenvalue weighted by molar-refractivity contribution is 8.10. The first-order chi connectivity index (χ1) is 4.50. The van der Waals surface area contributed by atoms with Crippen LogP contribution in [-0.4, -0.2) is 29.4 Å². The molecule has 1 nitrogen and oxygen atoms in total. The second-order valence-electron chi connectivity index (χ2n) is 2.72. The number of rotatable bonds is 2. The maximum Gasteiger partial charge on any atom is 0.230 e. The van der Waals surface area contributed by atoms with Crippen molar-refractivity contribution in [3.8, 4) is 0 Å². The van der Waals surface area contributed by atoms with Gasteiger partial charge in [0.1, 0.15) is 6.54 Å². The predicted molar refractivity (Wildman–Crippen MR) is 53.4 cm³/mol. The largest absolute Gasteiger partial charge is 0.278 e. The Kier molecular flexibility index (Phi) is 4.17. The second-order valence-corrected chi connectivity index (χ2v) is 3.83. The lowest BCUT2D eigenvalue weighted by Crippen LogP contribution is -2.41. The van der Waals surface area contributed by atoms with E-state index in [1.54, 1.807) is 0 Å². The first kappa shape index (κ1) is 10.1. The average Bonchev–Trinajstić information content (AvgIpc) is 1.84. The van der Waals surface area contributed by atoms with Crippen molar-refractivity contribution in [2.24, 2.45) is 0 Å². The fourth-order valence-electron chi connectivity index (χ4n) is 0.447. The number of allylic oxidation sites excluding steroid dienone is 1. The summed E-state index contributed by atoms with van der Waals surface area (Å²) >= 11 is 9.07. The van der Waals surface area contributed by atoms with Crippen molar-refractivity contribution in [1.82, 2.24) is 0 Å². The Balaban J connectivity index is 3.99. The summed E-state index contributed by atoms with van der Waals surface area (Å²) in [6.45, 7) is 2.92. The number of nitrogens with zero attached hydrogens (tertiary/aromatic N) is 1. The first-order valence-corrected chi connectivity index (χ1v) is 4.04. The molecular formula is C7H14NS2+. The van der Waals surface area contributed by atoms with E-state index in [0.717, 1.165) is 10.9 Å². The lowest BCUT2D eigenvalue weighted by molar-refractivity contribution is -0.785. The minimum Gasteiger partial charge on any atom is -0.278 e. The molecule has 0 aromatic rings. The Morgan fingerprint density at radius 3 is 2.40 bits per heavy atom. The van der Waals surface area contributed by atoms with Gasteiger partial charge in [-0.25, -0.2) is 0 Å². The van der Waals surface area contributed by atoms with Crippen molar-refractivity contribution in [2.45, 2.75) is 6.92 Å². The van der Waals surface area contributed by atoms with Crippen LogP contribution in [0.1, 0.15) is 6.92 Å². The maximum atomic E-state index is 4.95. The molecule has 0 aliphatic heterocycles. The van der Waals surface area contributed by atoms with Crippen LogP contribution in [0.25, 0.3) is 0 Å². The highest BCUT2D eigenvalue weighted by Gasteiger charge is 2.15. The molecule has 58 valence electrons. The lowest BCUT2D eigenvalue weighted by Gasteiger charge is -2.24. The van der Waals surface area contributed by atoms with Gasteiger partial charge in [0.05, 0.1) is 14.1 Å². The van der Waals surface area contributed by atoms with Gasteiger partial charge in [0, 0.05) is 0 Å². The zero-order valence-corrected chi connectivity index (χ0v) is 8.38. The van der Waals surface area contributed by atoms with Crippen molar-refractivity contribution in [2.75, 3.05) is 20.6 Å². The molecule has 0 N–H and O–H groups in total. The van der Waals surface area contributed by atoms with E-state index in [4.69, 9.17) is 12.2 Å². The molecule has 0 atom stereocenters. The molecule has 0 aliphatic carbocycles. The van der Waals surface area contributed by atoms with Crippen molar-refractivity contribution in [3.63, 3.8) is 0 Å². The zero-order chi connectivity index (χ0) is 8.20. The number of hydrogen-bond acceptors (Lipinski definition) is 1. The normalized spacial score (nSPS) is 12.4. The monoisotopic (exact) mass is 176 g/mol. The minimum atomic E-state index is 0.669. The summed E-state index contributed by atoms with van der Waals surface area (Å²) in [6, 6.07) is 0. The van der Waals surface area contributed by atoms with Gasteiger partial charge in [0.2, 0.25) is 4.32 Å². The van der Waals surface area contributed by atoms with Gasteiger partial charge in [-0.2, -0.15) is 0 Å². The number of hydrogen-bond donors (Lipinski definition) is 1. The fraction of sp³-hybridized carbons (Fsp3) is 0.571. The SMILES string of the molecule is C/C=C/C[N+](C)(C)C(=S)S. The fourth-order valence-corrected chi connectivity index (χ4v) is 0.603. The van der Waals surface area contributed by atoms with Gasteiger partial charge in [0.15, 0.2) is 0 Å². The molecule has 0 saturated heterocycles. The Morgan fingerprint density at radius 2 is 2.10 bits per heavy atom. The third kappa shape index (κ3) is 3.34. The Morgan fingerprint density at radius 1 is 1.60 bits per heavy atom. The van der Waals surface area contributed by atoms with E-state index in [0.29, 0.717) is 4.48 Å². The van der Waals surface area contributed by atoms with Crippen LogP contribution in [0.3, 0.4) is 0 Å². The lowest BCUT2D eigenvalue weighted by atomic mass is 10.4. The van der Waals surface area contributed by atoms with Crippen LogP contribution in [0.15, 0.2) is 12.2 Å². The molecule has 0 amide bonds. The van der Waals surface area contributed by atoms with E-state index in [1.165, 1.54) is 0 Å². The van der Waals surface area contributed by atoms with Crippen molar-refractivity contribution < 1.29 is 4.48 Å². The molecule has 0 fully saturated rings. The summed E-state index contributed by atoms with van der Waals surface area (Å²) in [4.78, 5) is 0. The summed E-state index contributed by atoms with van der Waals surface area (Å²) in [6.07, 6.45) is 4.11.